The number of rotatable bonds is 6. The first kappa shape index (κ1) is 15.8. The summed E-state index contributed by atoms with van der Waals surface area (Å²) in [7, 11) is -3.02. The lowest BCUT2D eigenvalue weighted by Crippen LogP contribution is -2.15. The van der Waals surface area contributed by atoms with Gasteiger partial charge in [0.1, 0.15) is 9.84 Å². The van der Waals surface area contributed by atoms with E-state index in [1.165, 1.54) is 0 Å². The molecule has 1 amide bonds. The number of nitrogen functional groups attached to an aromatic ring is 1. The van der Waals surface area contributed by atoms with E-state index in [-0.39, 0.29) is 23.8 Å². The van der Waals surface area contributed by atoms with E-state index >= 15 is 0 Å². The highest BCUT2D eigenvalue weighted by Crippen LogP contribution is 2.22. The lowest BCUT2D eigenvalue weighted by molar-refractivity contribution is -0.116. The molecule has 3 N–H and O–H groups in total. The van der Waals surface area contributed by atoms with E-state index < -0.39 is 9.84 Å². The highest BCUT2D eigenvalue weighted by molar-refractivity contribution is 7.91. The summed E-state index contributed by atoms with van der Waals surface area (Å²) in [4.78, 5) is 11.6. The predicted molar refractivity (Wildman–Crippen MR) is 78.1 cm³/mol. The number of halogens is 1. The van der Waals surface area contributed by atoms with Crippen molar-refractivity contribution in [2.45, 2.75) is 19.8 Å². The molecule has 0 aliphatic rings. The molecule has 1 rings (SSSR count). The first-order valence-corrected chi connectivity index (χ1v) is 8.09. The maximum absolute atomic E-state index is 11.6. The number of sulfone groups is 1. The van der Waals surface area contributed by atoms with E-state index in [4.69, 9.17) is 17.3 Å². The minimum atomic E-state index is -3.02. The fraction of sp³-hybridized carbons (Fsp3) is 0.417. The molecule has 7 heteroatoms. The number of nitrogens with one attached hydrogen (secondary N) is 1. The Labute approximate surface area is 118 Å². The maximum atomic E-state index is 11.6. The molecule has 0 atom stereocenters. The number of hydrogen-bond donors (Lipinski definition) is 2. The van der Waals surface area contributed by atoms with Gasteiger partial charge in [0.25, 0.3) is 0 Å². The molecule has 0 saturated carbocycles. The molecule has 0 bridgehead atoms. The van der Waals surface area contributed by atoms with Gasteiger partial charge in [0.15, 0.2) is 0 Å². The van der Waals surface area contributed by atoms with Crippen LogP contribution in [0, 0.1) is 0 Å². The van der Waals surface area contributed by atoms with Gasteiger partial charge in [0, 0.05) is 17.2 Å². The minimum Gasteiger partial charge on any atom is -0.397 e. The number of nitrogens with two attached hydrogens (primary N) is 1. The molecule has 1 aromatic carbocycles. The summed E-state index contributed by atoms with van der Waals surface area (Å²) in [6.45, 7) is 1.59. The van der Waals surface area contributed by atoms with Gasteiger partial charge in [-0.2, -0.15) is 0 Å². The molecule has 0 radical (unpaired) electrons. The quantitative estimate of drug-likeness (QED) is 0.787. The molecule has 106 valence electrons. The molecule has 0 saturated heterocycles. The summed E-state index contributed by atoms with van der Waals surface area (Å²) in [5.74, 6) is -0.147. The molecular formula is C12H17ClN2O3S. The number of carbonyl (C=O) groups is 1. The molecule has 0 fully saturated rings. The molecule has 5 nitrogen and oxygen atoms in total. The number of benzene rings is 1. The van der Waals surface area contributed by atoms with E-state index in [1.54, 1.807) is 25.1 Å². The molecule has 19 heavy (non-hydrogen) atoms. The van der Waals surface area contributed by atoms with Gasteiger partial charge in [-0.05, 0) is 24.6 Å². The Kier molecular flexibility index (Phi) is 5.62. The number of anilines is 2. The third kappa shape index (κ3) is 5.48. The Hall–Kier alpha value is -1.27. The summed E-state index contributed by atoms with van der Waals surface area (Å²) in [5.41, 5.74) is 6.55. The third-order valence-corrected chi connectivity index (χ3v) is 4.61. The fourth-order valence-electron chi connectivity index (χ4n) is 1.46. The molecular weight excluding hydrogens is 288 g/mol. The van der Waals surface area contributed by atoms with Crippen molar-refractivity contribution in [1.82, 2.24) is 0 Å². The topological polar surface area (TPSA) is 89.3 Å². The molecule has 0 heterocycles. The Morgan fingerprint density at radius 2 is 2.11 bits per heavy atom. The lowest BCUT2D eigenvalue weighted by Gasteiger charge is -2.08. The van der Waals surface area contributed by atoms with E-state index in [1.807, 2.05) is 0 Å². The van der Waals surface area contributed by atoms with Crippen LogP contribution in [0.5, 0.6) is 0 Å². The second-order valence-corrected chi connectivity index (χ2v) is 7.03. The summed E-state index contributed by atoms with van der Waals surface area (Å²) in [6.07, 6.45) is 0.441. The van der Waals surface area contributed by atoms with Gasteiger partial charge in [-0.15, -0.1) is 0 Å². The van der Waals surface area contributed by atoms with E-state index in [9.17, 15) is 13.2 Å². The fourth-order valence-corrected chi connectivity index (χ4v) is 2.51. The molecule has 0 aliphatic carbocycles. The minimum absolute atomic E-state index is 0.0209. The van der Waals surface area contributed by atoms with Crippen molar-refractivity contribution in [2.24, 2.45) is 0 Å². The van der Waals surface area contributed by atoms with Crippen molar-refractivity contribution < 1.29 is 13.2 Å². The van der Waals surface area contributed by atoms with E-state index in [0.717, 1.165) is 0 Å². The molecule has 0 spiro atoms. The summed E-state index contributed by atoms with van der Waals surface area (Å²) >= 11 is 5.74. The Bertz CT molecular complexity index is 558. The van der Waals surface area contributed by atoms with Crippen LogP contribution in [0.4, 0.5) is 11.4 Å². The van der Waals surface area contributed by atoms with Gasteiger partial charge in [-0.25, -0.2) is 8.42 Å². The zero-order chi connectivity index (χ0) is 14.5. The monoisotopic (exact) mass is 304 g/mol. The lowest BCUT2D eigenvalue weighted by atomic mass is 10.2. The van der Waals surface area contributed by atoms with Gasteiger partial charge in [-0.1, -0.05) is 18.5 Å². The van der Waals surface area contributed by atoms with Crippen LogP contribution in [0.15, 0.2) is 18.2 Å². The Morgan fingerprint density at radius 1 is 1.42 bits per heavy atom. The van der Waals surface area contributed by atoms with Crippen molar-refractivity contribution in [2.75, 3.05) is 22.6 Å². The SMILES string of the molecule is CCS(=O)(=O)CCCC(=O)Nc1ccc(Cl)cc1N. The highest BCUT2D eigenvalue weighted by Gasteiger charge is 2.10. The summed E-state index contributed by atoms with van der Waals surface area (Å²) in [6, 6.07) is 4.77. The average Bonchev–Trinajstić information content (AvgIpc) is 2.32. The van der Waals surface area contributed by atoms with Crippen LogP contribution in [-0.2, 0) is 14.6 Å². The van der Waals surface area contributed by atoms with Gasteiger partial charge in [-0.3, -0.25) is 4.79 Å². The predicted octanol–water partition coefficient (Wildman–Crippen LogP) is 2.08. The largest absolute Gasteiger partial charge is 0.397 e. The van der Waals surface area contributed by atoms with Crippen LogP contribution in [-0.4, -0.2) is 25.8 Å². The maximum Gasteiger partial charge on any atom is 0.224 e. The van der Waals surface area contributed by atoms with Crippen LogP contribution in [0.2, 0.25) is 5.02 Å². The zero-order valence-corrected chi connectivity index (χ0v) is 12.2. The van der Waals surface area contributed by atoms with Crippen LogP contribution in [0.3, 0.4) is 0 Å². The van der Waals surface area contributed by atoms with E-state index in [0.29, 0.717) is 22.8 Å². The summed E-state index contributed by atoms with van der Waals surface area (Å²) < 4.78 is 22.5. The average molecular weight is 305 g/mol. The van der Waals surface area contributed by atoms with Gasteiger partial charge >= 0.3 is 0 Å². The molecule has 0 unspecified atom stereocenters. The first-order valence-electron chi connectivity index (χ1n) is 5.89. The normalized spacial score (nSPS) is 11.3. The highest BCUT2D eigenvalue weighted by atomic mass is 35.5. The zero-order valence-electron chi connectivity index (χ0n) is 10.6. The van der Waals surface area contributed by atoms with Crippen LogP contribution in [0.1, 0.15) is 19.8 Å². The Balaban J connectivity index is 2.48. The summed E-state index contributed by atoms with van der Waals surface area (Å²) in [5, 5.41) is 3.11. The van der Waals surface area contributed by atoms with Crippen LogP contribution < -0.4 is 11.1 Å². The first-order chi connectivity index (χ1) is 8.84. The van der Waals surface area contributed by atoms with Gasteiger partial charge < -0.3 is 11.1 Å². The van der Waals surface area contributed by atoms with Crippen molar-refractivity contribution in [3.05, 3.63) is 23.2 Å². The van der Waals surface area contributed by atoms with Crippen molar-refractivity contribution in [3.8, 4) is 0 Å². The molecule has 1 aromatic rings. The van der Waals surface area contributed by atoms with Crippen molar-refractivity contribution >= 4 is 38.7 Å². The number of hydrogen-bond acceptors (Lipinski definition) is 4. The second kappa shape index (κ2) is 6.77. The number of carbonyl (C=O) groups excluding carboxylic acids is 1. The van der Waals surface area contributed by atoms with Crippen LogP contribution >= 0.6 is 11.6 Å². The molecule has 0 aliphatic heterocycles. The van der Waals surface area contributed by atoms with Crippen LogP contribution in [0.25, 0.3) is 0 Å². The molecule has 0 aromatic heterocycles. The van der Waals surface area contributed by atoms with E-state index in [2.05, 4.69) is 5.32 Å². The van der Waals surface area contributed by atoms with Gasteiger partial charge in [0.2, 0.25) is 5.91 Å². The standard InChI is InChI=1S/C12H17ClN2O3S/c1-2-19(17,18)7-3-4-12(16)15-11-6-5-9(13)8-10(11)14/h5-6,8H,2-4,7,14H2,1H3,(H,15,16). The number of amides is 1. The smallest absolute Gasteiger partial charge is 0.224 e. The van der Waals surface area contributed by atoms with Crippen molar-refractivity contribution in [1.29, 1.82) is 0 Å². The van der Waals surface area contributed by atoms with Crippen molar-refractivity contribution in [3.63, 3.8) is 0 Å². The van der Waals surface area contributed by atoms with Gasteiger partial charge in [0.05, 0.1) is 17.1 Å². The Morgan fingerprint density at radius 3 is 2.68 bits per heavy atom. The third-order valence-electron chi connectivity index (χ3n) is 2.59. The second-order valence-electron chi connectivity index (χ2n) is 4.12.